The van der Waals surface area contributed by atoms with Gasteiger partial charge in [0.25, 0.3) is 5.91 Å². The van der Waals surface area contributed by atoms with Gasteiger partial charge in [-0.1, -0.05) is 54.6 Å². The minimum absolute atomic E-state index is 0.0469. The number of benzene rings is 3. The van der Waals surface area contributed by atoms with Gasteiger partial charge in [0, 0.05) is 23.7 Å². The highest BCUT2D eigenvalue weighted by molar-refractivity contribution is 5.97. The highest BCUT2D eigenvalue weighted by Crippen LogP contribution is 2.30. The first-order valence-electron chi connectivity index (χ1n) is 10.7. The molecule has 0 bridgehead atoms. The van der Waals surface area contributed by atoms with Crippen LogP contribution in [0, 0.1) is 5.92 Å². The Hall–Kier alpha value is -3.93. The Balaban J connectivity index is 1.23. The van der Waals surface area contributed by atoms with Gasteiger partial charge in [-0.15, -0.1) is 0 Å². The minimum Gasteiger partial charge on any atom is -0.350 e. The van der Waals surface area contributed by atoms with Crippen LogP contribution in [0.25, 0.3) is 11.1 Å². The van der Waals surface area contributed by atoms with Crippen molar-refractivity contribution in [2.24, 2.45) is 5.92 Å². The third kappa shape index (κ3) is 5.82. The molecule has 1 aliphatic rings. The van der Waals surface area contributed by atoms with E-state index in [0.717, 1.165) is 35.2 Å². The lowest BCUT2D eigenvalue weighted by molar-refractivity contribution is -0.120. The van der Waals surface area contributed by atoms with E-state index in [4.69, 9.17) is 0 Å². The number of hydrogen-bond acceptors (Lipinski definition) is 3. The third-order valence-electron chi connectivity index (χ3n) is 5.30. The van der Waals surface area contributed by atoms with Gasteiger partial charge in [-0.3, -0.25) is 14.4 Å². The van der Waals surface area contributed by atoms with Crippen LogP contribution < -0.4 is 16.0 Å². The molecule has 0 radical (unpaired) electrons. The molecule has 0 heterocycles. The van der Waals surface area contributed by atoms with Gasteiger partial charge in [0.1, 0.15) is 0 Å². The number of nitrogens with one attached hydrogen (secondary N) is 3. The molecule has 0 unspecified atom stereocenters. The molecule has 162 valence electrons. The van der Waals surface area contributed by atoms with E-state index >= 15 is 0 Å². The zero-order chi connectivity index (χ0) is 22.3. The van der Waals surface area contributed by atoms with Crippen molar-refractivity contribution in [1.82, 2.24) is 10.6 Å². The highest BCUT2D eigenvalue weighted by Gasteiger charge is 2.29. The molecule has 4 rings (SSSR count). The molecule has 3 aromatic carbocycles. The molecular weight excluding hydrogens is 402 g/mol. The second-order valence-corrected chi connectivity index (χ2v) is 7.87. The van der Waals surface area contributed by atoms with Gasteiger partial charge in [0.2, 0.25) is 11.8 Å². The van der Waals surface area contributed by atoms with Crippen LogP contribution in [0.4, 0.5) is 5.69 Å². The molecule has 0 aromatic heterocycles. The summed E-state index contributed by atoms with van der Waals surface area (Å²) in [6, 6.07) is 24.6. The molecule has 0 spiro atoms. The Bertz CT molecular complexity index is 1110. The van der Waals surface area contributed by atoms with E-state index in [2.05, 4.69) is 16.0 Å². The average Bonchev–Trinajstić information content (AvgIpc) is 3.68. The monoisotopic (exact) mass is 427 g/mol. The summed E-state index contributed by atoms with van der Waals surface area (Å²) in [5.74, 6) is -0.404. The van der Waals surface area contributed by atoms with Crippen LogP contribution in [-0.4, -0.2) is 24.3 Å². The van der Waals surface area contributed by atoms with E-state index in [1.54, 1.807) is 12.1 Å². The zero-order valence-corrected chi connectivity index (χ0v) is 17.6. The van der Waals surface area contributed by atoms with Crippen molar-refractivity contribution in [2.45, 2.75) is 19.4 Å². The van der Waals surface area contributed by atoms with Crippen molar-refractivity contribution < 1.29 is 14.4 Å². The van der Waals surface area contributed by atoms with Crippen LogP contribution in [0.2, 0.25) is 0 Å². The number of carbonyl (C=O) groups is 3. The summed E-state index contributed by atoms with van der Waals surface area (Å²) >= 11 is 0. The van der Waals surface area contributed by atoms with Gasteiger partial charge < -0.3 is 16.0 Å². The van der Waals surface area contributed by atoms with Crippen LogP contribution in [0.3, 0.4) is 0 Å². The summed E-state index contributed by atoms with van der Waals surface area (Å²) in [6.07, 6.45) is 1.90. The SMILES string of the molecule is O=C(CNC(=O)c1ccc(-c2ccccc2)cc1)NCc1cccc(NC(=O)C2CC2)c1. The Morgan fingerprint density at radius 1 is 0.781 bits per heavy atom. The summed E-state index contributed by atoms with van der Waals surface area (Å²) in [5, 5.41) is 8.32. The van der Waals surface area contributed by atoms with E-state index in [1.165, 1.54) is 0 Å². The Kier molecular flexibility index (Phi) is 6.60. The molecular formula is C26H25N3O3. The predicted octanol–water partition coefficient (Wildman–Crippen LogP) is 3.75. The second-order valence-electron chi connectivity index (χ2n) is 7.87. The Morgan fingerprint density at radius 3 is 2.22 bits per heavy atom. The van der Waals surface area contributed by atoms with E-state index < -0.39 is 0 Å². The largest absolute Gasteiger partial charge is 0.350 e. The normalized spacial score (nSPS) is 12.6. The first-order valence-corrected chi connectivity index (χ1v) is 10.7. The van der Waals surface area contributed by atoms with Crippen molar-refractivity contribution in [2.75, 3.05) is 11.9 Å². The van der Waals surface area contributed by atoms with Crippen LogP contribution in [-0.2, 0) is 16.1 Å². The molecule has 0 aliphatic heterocycles. The van der Waals surface area contributed by atoms with Gasteiger partial charge in [0.15, 0.2) is 0 Å². The van der Waals surface area contributed by atoms with Gasteiger partial charge in [-0.05, 0) is 53.8 Å². The fourth-order valence-electron chi connectivity index (χ4n) is 3.32. The number of hydrogen-bond donors (Lipinski definition) is 3. The summed E-state index contributed by atoms with van der Waals surface area (Å²) in [7, 11) is 0. The summed E-state index contributed by atoms with van der Waals surface area (Å²) in [4.78, 5) is 36.4. The maximum absolute atomic E-state index is 12.3. The summed E-state index contributed by atoms with van der Waals surface area (Å²) < 4.78 is 0. The third-order valence-corrected chi connectivity index (χ3v) is 5.30. The van der Waals surface area contributed by atoms with Crippen LogP contribution >= 0.6 is 0 Å². The summed E-state index contributed by atoms with van der Waals surface area (Å²) in [5.41, 5.74) is 4.19. The van der Waals surface area contributed by atoms with Crippen LogP contribution in [0.1, 0.15) is 28.8 Å². The molecule has 3 amide bonds. The fraction of sp³-hybridized carbons (Fsp3) is 0.192. The van der Waals surface area contributed by atoms with E-state index in [-0.39, 0.29) is 30.2 Å². The van der Waals surface area contributed by atoms with Gasteiger partial charge in [-0.2, -0.15) is 0 Å². The minimum atomic E-state index is -0.301. The molecule has 0 atom stereocenters. The van der Waals surface area contributed by atoms with Gasteiger partial charge in [-0.25, -0.2) is 0 Å². The smallest absolute Gasteiger partial charge is 0.251 e. The van der Waals surface area contributed by atoms with Gasteiger partial charge >= 0.3 is 0 Å². The van der Waals surface area contributed by atoms with Crippen molar-refractivity contribution in [3.05, 3.63) is 90.0 Å². The Morgan fingerprint density at radius 2 is 1.50 bits per heavy atom. The zero-order valence-electron chi connectivity index (χ0n) is 17.6. The second kappa shape index (κ2) is 9.92. The summed E-state index contributed by atoms with van der Waals surface area (Å²) in [6.45, 7) is 0.199. The lowest BCUT2D eigenvalue weighted by atomic mass is 10.0. The predicted molar refractivity (Wildman–Crippen MR) is 124 cm³/mol. The molecule has 3 N–H and O–H groups in total. The molecule has 32 heavy (non-hydrogen) atoms. The quantitative estimate of drug-likeness (QED) is 0.512. The lowest BCUT2D eigenvalue weighted by Crippen LogP contribution is -2.36. The van der Waals surface area contributed by atoms with Crippen molar-refractivity contribution in [1.29, 1.82) is 0 Å². The number of rotatable bonds is 8. The maximum Gasteiger partial charge on any atom is 0.251 e. The first-order chi connectivity index (χ1) is 15.6. The fourth-order valence-corrected chi connectivity index (χ4v) is 3.32. The lowest BCUT2D eigenvalue weighted by Gasteiger charge is -2.09. The van der Waals surface area contributed by atoms with Gasteiger partial charge in [0.05, 0.1) is 6.54 Å². The molecule has 1 fully saturated rings. The average molecular weight is 428 g/mol. The number of amides is 3. The van der Waals surface area contributed by atoms with Crippen LogP contribution in [0.5, 0.6) is 0 Å². The molecule has 3 aromatic rings. The molecule has 6 nitrogen and oxygen atoms in total. The maximum atomic E-state index is 12.3. The van der Waals surface area contributed by atoms with Crippen molar-refractivity contribution in [3.8, 4) is 11.1 Å². The standard InChI is InChI=1S/C26H25N3O3/c30-24(27-16-18-5-4-8-23(15-18)29-26(32)22-13-14-22)17-28-25(31)21-11-9-20(10-12-21)19-6-2-1-3-7-19/h1-12,15,22H,13-14,16-17H2,(H,27,30)(H,28,31)(H,29,32). The Labute approximate surface area is 187 Å². The molecule has 1 aliphatic carbocycles. The van der Waals surface area contributed by atoms with E-state index in [9.17, 15) is 14.4 Å². The molecule has 1 saturated carbocycles. The first kappa shape index (κ1) is 21.3. The van der Waals surface area contributed by atoms with E-state index in [0.29, 0.717) is 12.1 Å². The topological polar surface area (TPSA) is 87.3 Å². The van der Waals surface area contributed by atoms with Crippen molar-refractivity contribution in [3.63, 3.8) is 0 Å². The van der Waals surface area contributed by atoms with Crippen molar-refractivity contribution >= 4 is 23.4 Å². The molecule has 6 heteroatoms. The molecule has 0 saturated heterocycles. The van der Waals surface area contributed by atoms with Crippen LogP contribution in [0.15, 0.2) is 78.9 Å². The van der Waals surface area contributed by atoms with E-state index in [1.807, 2.05) is 66.7 Å². The number of anilines is 1. The highest BCUT2D eigenvalue weighted by atomic mass is 16.2. The number of carbonyl (C=O) groups excluding carboxylic acids is 3.